The van der Waals surface area contributed by atoms with Gasteiger partial charge in [0.25, 0.3) is 0 Å². The van der Waals surface area contributed by atoms with Crippen LogP contribution >= 0.6 is 15.6 Å². The number of phosphoric acid groups is 2. The van der Waals surface area contributed by atoms with E-state index in [-0.39, 0.29) is 19.3 Å². The van der Waals surface area contributed by atoms with Crippen molar-refractivity contribution >= 4 is 33.6 Å². The van der Waals surface area contributed by atoms with Gasteiger partial charge in [-0.05, 0) is 167 Å². The van der Waals surface area contributed by atoms with Gasteiger partial charge in [0, 0.05) is 19.3 Å². The Morgan fingerprint density at radius 3 is 0.748 bits per heavy atom. The van der Waals surface area contributed by atoms with E-state index in [1.807, 2.05) is 0 Å². The summed E-state index contributed by atoms with van der Waals surface area (Å²) >= 11 is 0. The molecule has 0 saturated carbocycles. The standard InChI is InChI=1S/C97H160O16P2/c1-4-7-10-13-16-19-22-25-28-31-34-37-39-40-41-42-43-44-45-46-47-48-49-50-52-55-56-59-62-65-68-71-74-77-80-83-95(100)107-86-92(98)87-109-114(103,104)110-88-93(99)89-111-115(105,106)112-91-94(113-97(102)85-82-79-76-73-70-67-64-61-58-53-36-33-30-27-24-21-18-15-12-9-6-3)90-108-96(101)84-81-78-75-72-69-66-63-60-57-54-51-38-35-32-29-26-23-20-17-14-11-8-5-2/h7,9-10,12,16-21,25-30,34-38,40-41,43-44,53-54,57,61,64,70,73,92-94,98-99H,4-6,8,11,13-15,22-24,31-33,39,42,45-52,55-56,58-60,62-63,65-69,71-72,74-91H2,1-3H3,(H,103,104)(H,105,106)/b10-7-,12-9-,19-16-,20-17-,21-18-,28-25-,29-26-,30-27-,37-34-,38-35-,41-40-,44-43-,53-36-,57-54-,64-61-,73-70-. The maximum Gasteiger partial charge on any atom is 0.472 e. The molecule has 0 aliphatic carbocycles. The van der Waals surface area contributed by atoms with Gasteiger partial charge in [-0.25, -0.2) is 9.13 Å². The molecule has 0 aromatic heterocycles. The Balaban J connectivity index is 4.58. The van der Waals surface area contributed by atoms with E-state index in [2.05, 4.69) is 215 Å². The fraction of sp³-hybridized carbons (Fsp3) is 0.639. The number of hydrogen-bond donors (Lipinski definition) is 4. The third kappa shape index (κ3) is 89.0. The van der Waals surface area contributed by atoms with Crippen LogP contribution in [0.25, 0.3) is 0 Å². The Bertz CT molecular complexity index is 2870. The summed E-state index contributed by atoms with van der Waals surface area (Å²) in [5, 5.41) is 20.7. The monoisotopic (exact) mass is 1640 g/mol. The predicted octanol–water partition coefficient (Wildman–Crippen LogP) is 27.4. The fourth-order valence-corrected chi connectivity index (χ4v) is 13.1. The number of rotatable bonds is 83. The maximum atomic E-state index is 13.0. The van der Waals surface area contributed by atoms with E-state index in [1.54, 1.807) is 0 Å². The molecule has 115 heavy (non-hydrogen) atoms. The van der Waals surface area contributed by atoms with Crippen LogP contribution in [0.1, 0.15) is 342 Å². The fourth-order valence-electron chi connectivity index (χ4n) is 11.6. The van der Waals surface area contributed by atoms with Crippen molar-refractivity contribution in [1.29, 1.82) is 0 Å². The zero-order valence-electron chi connectivity index (χ0n) is 71.9. The molecule has 4 N–H and O–H groups in total. The van der Waals surface area contributed by atoms with Crippen LogP contribution < -0.4 is 0 Å². The summed E-state index contributed by atoms with van der Waals surface area (Å²) in [6.07, 6.45) is 116. The van der Waals surface area contributed by atoms with Gasteiger partial charge in [-0.2, -0.15) is 0 Å². The van der Waals surface area contributed by atoms with Crippen molar-refractivity contribution in [3.05, 3.63) is 194 Å². The van der Waals surface area contributed by atoms with Crippen molar-refractivity contribution in [2.75, 3.05) is 39.6 Å². The summed E-state index contributed by atoms with van der Waals surface area (Å²) in [4.78, 5) is 58.9. The van der Waals surface area contributed by atoms with Gasteiger partial charge >= 0.3 is 33.6 Å². The number of ether oxygens (including phenoxy) is 3. The highest BCUT2D eigenvalue weighted by Crippen LogP contribution is 2.45. The smallest absolute Gasteiger partial charge is 0.463 e. The zero-order chi connectivity index (χ0) is 83.6. The zero-order valence-corrected chi connectivity index (χ0v) is 73.7. The predicted molar refractivity (Wildman–Crippen MR) is 481 cm³/mol. The topological polar surface area (TPSA) is 231 Å². The molecule has 0 aliphatic rings. The first-order valence-corrected chi connectivity index (χ1v) is 47.7. The van der Waals surface area contributed by atoms with E-state index in [0.29, 0.717) is 25.7 Å². The summed E-state index contributed by atoms with van der Waals surface area (Å²) in [6.45, 7) is 2.37. The highest BCUT2D eigenvalue weighted by atomic mass is 31.2. The Hall–Kier alpha value is -5.61. The summed E-state index contributed by atoms with van der Waals surface area (Å²) in [7, 11) is -9.83. The van der Waals surface area contributed by atoms with E-state index in [9.17, 15) is 43.5 Å². The molecule has 0 heterocycles. The van der Waals surface area contributed by atoms with Crippen molar-refractivity contribution < 1.29 is 75.8 Å². The first-order valence-electron chi connectivity index (χ1n) is 44.7. The summed E-state index contributed by atoms with van der Waals surface area (Å²) in [5.41, 5.74) is 0. The molecule has 16 nitrogen and oxygen atoms in total. The molecule has 0 saturated heterocycles. The number of hydrogen-bond acceptors (Lipinski definition) is 14. The van der Waals surface area contributed by atoms with Crippen LogP contribution in [0.15, 0.2) is 194 Å². The molecule has 0 spiro atoms. The molecule has 0 bridgehead atoms. The normalized spacial score (nSPS) is 14.7. The number of unbranched alkanes of at least 4 members (excludes halogenated alkanes) is 28. The summed E-state index contributed by atoms with van der Waals surface area (Å²) in [6, 6.07) is 0. The average molecular weight is 1640 g/mol. The van der Waals surface area contributed by atoms with Gasteiger partial charge in [0.2, 0.25) is 0 Å². The van der Waals surface area contributed by atoms with Crippen LogP contribution in [0.3, 0.4) is 0 Å². The SMILES string of the molecule is CC/C=C\C/C=C\C/C=C\C/C=C\C/C=C\C/C=C\CCCCCCCCCCCCCCCCCCC(=O)OCC(O)COP(=O)(O)OCC(O)COP(=O)(O)OCC(COC(=O)CCCCCCCCC/C=C\C/C=C\C/C=C\C/C=C\CCCCC)OC(=O)CCCC/C=C\C/C=C\C/C=C\C/C=C\C/C=C\C/C=C\CC. The number of aliphatic hydroxyl groups excluding tert-OH is 2. The molecular formula is C97H160O16P2. The number of carbonyl (C=O) groups excluding carboxylic acids is 3. The van der Waals surface area contributed by atoms with Gasteiger partial charge in [0.15, 0.2) is 6.10 Å². The Labute approximate surface area is 699 Å². The van der Waals surface area contributed by atoms with Crippen molar-refractivity contribution in [3.8, 4) is 0 Å². The van der Waals surface area contributed by atoms with Crippen molar-refractivity contribution in [1.82, 2.24) is 0 Å². The minimum atomic E-state index is -4.96. The third-order valence-electron chi connectivity index (χ3n) is 18.3. The molecule has 5 unspecified atom stereocenters. The molecule has 0 fully saturated rings. The molecule has 0 radical (unpaired) electrons. The molecule has 5 atom stereocenters. The summed E-state index contributed by atoms with van der Waals surface area (Å²) < 4.78 is 61.3. The maximum absolute atomic E-state index is 13.0. The Morgan fingerprint density at radius 1 is 0.252 bits per heavy atom. The molecule has 654 valence electrons. The summed E-state index contributed by atoms with van der Waals surface area (Å²) in [5.74, 6) is -1.64. The second kappa shape index (κ2) is 87.7. The van der Waals surface area contributed by atoms with E-state index >= 15 is 0 Å². The van der Waals surface area contributed by atoms with E-state index in [1.165, 1.54) is 109 Å². The van der Waals surface area contributed by atoms with Crippen LogP contribution in [0.4, 0.5) is 0 Å². The van der Waals surface area contributed by atoms with E-state index < -0.39 is 91.5 Å². The third-order valence-corrected chi connectivity index (χ3v) is 20.2. The van der Waals surface area contributed by atoms with Gasteiger partial charge in [0.05, 0.1) is 26.4 Å². The Morgan fingerprint density at radius 2 is 0.461 bits per heavy atom. The highest BCUT2D eigenvalue weighted by molar-refractivity contribution is 7.47. The quantitative estimate of drug-likeness (QED) is 0.0146. The molecule has 18 heteroatoms. The van der Waals surface area contributed by atoms with Crippen molar-refractivity contribution in [2.45, 2.75) is 360 Å². The number of esters is 3. The van der Waals surface area contributed by atoms with Crippen LogP contribution in [-0.2, 0) is 55.8 Å². The first-order chi connectivity index (χ1) is 56.2. The molecule has 0 aromatic carbocycles. The molecular weight excluding hydrogens is 1480 g/mol. The number of carbonyl (C=O) groups is 3. The van der Waals surface area contributed by atoms with Crippen LogP contribution in [0.5, 0.6) is 0 Å². The highest BCUT2D eigenvalue weighted by Gasteiger charge is 2.29. The van der Waals surface area contributed by atoms with Crippen LogP contribution in [-0.4, -0.2) is 95.9 Å². The van der Waals surface area contributed by atoms with Gasteiger partial charge in [-0.15, -0.1) is 0 Å². The minimum Gasteiger partial charge on any atom is -0.463 e. The first kappa shape index (κ1) is 109. The lowest BCUT2D eigenvalue weighted by atomic mass is 10.0. The van der Waals surface area contributed by atoms with E-state index in [4.69, 9.17) is 32.3 Å². The number of aliphatic hydroxyl groups is 2. The molecule has 0 amide bonds. The minimum absolute atomic E-state index is 0.0405. The number of allylic oxidation sites excluding steroid dienone is 32. The molecule has 0 rings (SSSR count). The average Bonchev–Trinajstić information content (AvgIpc) is 0.901. The van der Waals surface area contributed by atoms with Gasteiger partial charge in [-0.1, -0.05) is 350 Å². The second-order valence-electron chi connectivity index (χ2n) is 29.3. The molecule has 0 aromatic rings. The Kier molecular flexibility index (Phi) is 83.4. The second-order valence-corrected chi connectivity index (χ2v) is 32.2. The largest absolute Gasteiger partial charge is 0.472 e. The number of phosphoric ester groups is 2. The van der Waals surface area contributed by atoms with Crippen molar-refractivity contribution in [3.63, 3.8) is 0 Å². The van der Waals surface area contributed by atoms with Gasteiger partial charge < -0.3 is 34.2 Å². The van der Waals surface area contributed by atoms with Crippen LogP contribution in [0.2, 0.25) is 0 Å². The van der Waals surface area contributed by atoms with Crippen LogP contribution in [0, 0.1) is 0 Å². The lowest BCUT2D eigenvalue weighted by molar-refractivity contribution is -0.161. The lowest BCUT2D eigenvalue weighted by Crippen LogP contribution is -2.30. The van der Waals surface area contributed by atoms with E-state index in [0.717, 1.165) is 167 Å². The van der Waals surface area contributed by atoms with Gasteiger partial charge in [-0.3, -0.25) is 32.5 Å². The van der Waals surface area contributed by atoms with Crippen molar-refractivity contribution in [2.24, 2.45) is 0 Å². The van der Waals surface area contributed by atoms with Gasteiger partial charge in [0.1, 0.15) is 25.4 Å². The lowest BCUT2D eigenvalue weighted by Gasteiger charge is -2.21. The molecule has 0 aliphatic heterocycles.